The number of benzene rings is 1. The van der Waals surface area contributed by atoms with Gasteiger partial charge in [0.15, 0.2) is 0 Å². The number of primary amides is 1. The lowest BCUT2D eigenvalue weighted by atomic mass is 9.74. The molecule has 126 valence electrons. The standard InChI is InChI=1S/C16H15F2N3O3/c17-11-3-9(5-19)4-12(18)13(11)14(22)21-6-10-7-24-2-1-16(10,8-21)15(20)23/h3-4,10H,1-2,6-8H2,(H2,20,23)/t10-,16+/m1/s1. The van der Waals surface area contributed by atoms with Crippen LogP contribution in [-0.2, 0) is 9.53 Å². The molecule has 1 aromatic rings. The average molecular weight is 335 g/mol. The monoisotopic (exact) mass is 335 g/mol. The molecule has 0 saturated carbocycles. The fourth-order valence-electron chi connectivity index (χ4n) is 3.51. The minimum Gasteiger partial charge on any atom is -0.381 e. The van der Waals surface area contributed by atoms with Crippen LogP contribution in [0.2, 0.25) is 0 Å². The first kappa shape index (κ1) is 16.3. The zero-order valence-corrected chi connectivity index (χ0v) is 12.7. The highest BCUT2D eigenvalue weighted by Crippen LogP contribution is 2.42. The summed E-state index contributed by atoms with van der Waals surface area (Å²) in [6.07, 6.45) is 0.370. The van der Waals surface area contributed by atoms with Crippen molar-refractivity contribution in [3.8, 4) is 6.07 Å². The van der Waals surface area contributed by atoms with Gasteiger partial charge < -0.3 is 15.4 Å². The van der Waals surface area contributed by atoms with E-state index >= 15 is 0 Å². The molecule has 2 aliphatic heterocycles. The van der Waals surface area contributed by atoms with Gasteiger partial charge in [-0.2, -0.15) is 5.26 Å². The summed E-state index contributed by atoms with van der Waals surface area (Å²) in [5.74, 6) is -3.89. The molecular formula is C16H15F2N3O3. The number of likely N-dealkylation sites (tertiary alicyclic amines) is 1. The molecule has 6 nitrogen and oxygen atoms in total. The average Bonchev–Trinajstić information content (AvgIpc) is 2.95. The second-order valence-electron chi connectivity index (χ2n) is 6.15. The second-order valence-corrected chi connectivity index (χ2v) is 6.15. The number of nitrogens with two attached hydrogens (primary N) is 1. The Hall–Kier alpha value is -2.53. The molecule has 2 atom stereocenters. The Kier molecular flexibility index (Phi) is 3.97. The van der Waals surface area contributed by atoms with E-state index in [1.807, 2.05) is 0 Å². The first-order chi connectivity index (χ1) is 11.4. The normalized spacial score (nSPS) is 25.9. The van der Waals surface area contributed by atoms with E-state index in [2.05, 4.69) is 0 Å². The van der Waals surface area contributed by atoms with Crippen molar-refractivity contribution in [1.29, 1.82) is 5.26 Å². The van der Waals surface area contributed by atoms with E-state index in [1.54, 1.807) is 6.07 Å². The van der Waals surface area contributed by atoms with Gasteiger partial charge in [0, 0.05) is 25.6 Å². The van der Waals surface area contributed by atoms with Crippen molar-refractivity contribution >= 4 is 11.8 Å². The summed E-state index contributed by atoms with van der Waals surface area (Å²) in [6, 6.07) is 3.25. The van der Waals surface area contributed by atoms with E-state index in [1.165, 1.54) is 4.90 Å². The topological polar surface area (TPSA) is 96.4 Å². The van der Waals surface area contributed by atoms with Gasteiger partial charge in [-0.15, -0.1) is 0 Å². The zero-order valence-electron chi connectivity index (χ0n) is 12.7. The van der Waals surface area contributed by atoms with Gasteiger partial charge in [0.2, 0.25) is 5.91 Å². The van der Waals surface area contributed by atoms with Crippen molar-refractivity contribution in [3.05, 3.63) is 34.9 Å². The molecule has 2 heterocycles. The Bertz CT molecular complexity index is 738. The van der Waals surface area contributed by atoms with Crippen molar-refractivity contribution in [2.75, 3.05) is 26.3 Å². The quantitative estimate of drug-likeness (QED) is 0.864. The van der Waals surface area contributed by atoms with Crippen LogP contribution >= 0.6 is 0 Å². The molecular weight excluding hydrogens is 320 g/mol. The van der Waals surface area contributed by atoms with E-state index in [4.69, 9.17) is 15.7 Å². The molecule has 3 rings (SSSR count). The van der Waals surface area contributed by atoms with Crippen molar-refractivity contribution in [1.82, 2.24) is 4.90 Å². The third kappa shape index (κ3) is 2.41. The summed E-state index contributed by atoms with van der Waals surface area (Å²) in [4.78, 5) is 25.7. The maximum Gasteiger partial charge on any atom is 0.259 e. The van der Waals surface area contributed by atoms with Crippen LogP contribution in [0.1, 0.15) is 22.3 Å². The van der Waals surface area contributed by atoms with Gasteiger partial charge in [-0.1, -0.05) is 0 Å². The van der Waals surface area contributed by atoms with Crippen molar-refractivity contribution in [3.63, 3.8) is 0 Å². The lowest BCUT2D eigenvalue weighted by Gasteiger charge is -2.34. The van der Waals surface area contributed by atoms with Crippen LogP contribution in [0, 0.1) is 34.3 Å². The fraction of sp³-hybridized carbons (Fsp3) is 0.438. The molecule has 2 aliphatic rings. The van der Waals surface area contributed by atoms with E-state index < -0.39 is 34.4 Å². The van der Waals surface area contributed by atoms with Gasteiger partial charge in [0.1, 0.15) is 17.2 Å². The van der Waals surface area contributed by atoms with Gasteiger partial charge in [0.25, 0.3) is 5.91 Å². The summed E-state index contributed by atoms with van der Waals surface area (Å²) in [7, 11) is 0. The largest absolute Gasteiger partial charge is 0.381 e. The zero-order chi connectivity index (χ0) is 17.5. The lowest BCUT2D eigenvalue weighted by molar-refractivity contribution is -0.135. The maximum atomic E-state index is 14.1. The number of rotatable bonds is 2. The van der Waals surface area contributed by atoms with E-state index in [-0.39, 0.29) is 31.2 Å². The third-order valence-electron chi connectivity index (χ3n) is 4.87. The number of nitriles is 1. The summed E-state index contributed by atoms with van der Waals surface area (Å²) in [5.41, 5.74) is 3.66. The molecule has 2 amide bonds. The SMILES string of the molecule is N#Cc1cc(F)c(C(=O)N2C[C@@H]3COCC[C@]3(C(N)=O)C2)c(F)c1. The minimum atomic E-state index is -1.10. The minimum absolute atomic E-state index is 0.00801. The van der Waals surface area contributed by atoms with Crippen LogP contribution in [-0.4, -0.2) is 43.0 Å². The Morgan fingerprint density at radius 3 is 2.58 bits per heavy atom. The number of nitrogens with zero attached hydrogens (tertiary/aromatic N) is 2. The Labute approximate surface area is 136 Å². The fourth-order valence-corrected chi connectivity index (χ4v) is 3.51. The Morgan fingerprint density at radius 2 is 2.04 bits per heavy atom. The predicted octanol–water partition coefficient (Wildman–Crippen LogP) is 0.800. The number of ether oxygens (including phenoxy) is 1. The van der Waals surface area contributed by atoms with Gasteiger partial charge >= 0.3 is 0 Å². The summed E-state index contributed by atoms with van der Waals surface area (Å²) < 4.78 is 33.5. The van der Waals surface area contributed by atoms with Crippen LogP contribution in [0.5, 0.6) is 0 Å². The molecule has 2 saturated heterocycles. The summed E-state index contributed by atoms with van der Waals surface area (Å²) in [6.45, 7) is 0.765. The highest BCUT2D eigenvalue weighted by molar-refractivity contribution is 5.96. The molecule has 0 bridgehead atoms. The van der Waals surface area contributed by atoms with Crippen LogP contribution < -0.4 is 5.73 Å². The van der Waals surface area contributed by atoms with Crippen molar-refractivity contribution in [2.24, 2.45) is 17.1 Å². The van der Waals surface area contributed by atoms with E-state index in [0.29, 0.717) is 13.0 Å². The first-order valence-electron chi connectivity index (χ1n) is 7.45. The number of hydrogen-bond acceptors (Lipinski definition) is 4. The summed E-state index contributed by atoms with van der Waals surface area (Å²) in [5, 5.41) is 8.72. The number of amides is 2. The van der Waals surface area contributed by atoms with Crippen LogP contribution in [0.3, 0.4) is 0 Å². The molecule has 2 N–H and O–H groups in total. The maximum absolute atomic E-state index is 14.1. The second kappa shape index (κ2) is 5.83. The molecule has 24 heavy (non-hydrogen) atoms. The molecule has 0 aromatic heterocycles. The number of carbonyl (C=O) groups is 2. The van der Waals surface area contributed by atoms with E-state index in [9.17, 15) is 18.4 Å². The number of halogens is 2. The molecule has 0 spiro atoms. The molecule has 2 fully saturated rings. The third-order valence-corrected chi connectivity index (χ3v) is 4.87. The van der Waals surface area contributed by atoms with Gasteiger partial charge in [-0.25, -0.2) is 8.78 Å². The predicted molar refractivity (Wildman–Crippen MR) is 77.5 cm³/mol. The lowest BCUT2D eigenvalue weighted by Crippen LogP contribution is -2.48. The highest BCUT2D eigenvalue weighted by atomic mass is 19.1. The van der Waals surface area contributed by atoms with Gasteiger partial charge in [-0.05, 0) is 18.6 Å². The Balaban J connectivity index is 1.93. The van der Waals surface area contributed by atoms with E-state index in [0.717, 1.165) is 12.1 Å². The van der Waals surface area contributed by atoms with Gasteiger partial charge in [0.05, 0.1) is 23.7 Å². The number of carbonyl (C=O) groups excluding carboxylic acids is 2. The number of hydrogen-bond donors (Lipinski definition) is 1. The van der Waals surface area contributed by atoms with Crippen LogP contribution in [0.4, 0.5) is 8.78 Å². The van der Waals surface area contributed by atoms with Crippen molar-refractivity contribution < 1.29 is 23.1 Å². The molecule has 1 aromatic carbocycles. The molecule has 8 heteroatoms. The molecule has 0 radical (unpaired) electrons. The first-order valence-corrected chi connectivity index (χ1v) is 7.45. The smallest absolute Gasteiger partial charge is 0.259 e. The Morgan fingerprint density at radius 1 is 1.38 bits per heavy atom. The molecule has 0 unspecified atom stereocenters. The highest BCUT2D eigenvalue weighted by Gasteiger charge is 2.54. The van der Waals surface area contributed by atoms with Crippen molar-refractivity contribution in [2.45, 2.75) is 6.42 Å². The summed E-state index contributed by atoms with van der Waals surface area (Å²) >= 11 is 0. The van der Waals surface area contributed by atoms with Crippen LogP contribution in [0.25, 0.3) is 0 Å². The van der Waals surface area contributed by atoms with Crippen LogP contribution in [0.15, 0.2) is 12.1 Å². The molecule has 0 aliphatic carbocycles. The van der Waals surface area contributed by atoms with Gasteiger partial charge in [-0.3, -0.25) is 9.59 Å². The number of fused-ring (bicyclic) bond motifs is 1.